The fourth-order valence-electron chi connectivity index (χ4n) is 2.55. The third kappa shape index (κ3) is 5.67. The highest BCUT2D eigenvalue weighted by molar-refractivity contribution is 7.54. The van der Waals surface area contributed by atoms with Gasteiger partial charge in [-0.3, -0.25) is 9.46 Å². The van der Waals surface area contributed by atoms with Gasteiger partial charge in [0, 0.05) is 34.0 Å². The molecule has 154 valence electrons. The van der Waals surface area contributed by atoms with Crippen molar-refractivity contribution < 1.29 is 37.4 Å². The molecular formula is C17H28NO8P. The minimum atomic E-state index is -3.83. The number of amides is 1. The van der Waals surface area contributed by atoms with Crippen LogP contribution < -0.4 is 4.74 Å². The van der Waals surface area contributed by atoms with Crippen LogP contribution in [-0.2, 0) is 27.8 Å². The van der Waals surface area contributed by atoms with Crippen LogP contribution in [0.2, 0.25) is 0 Å². The van der Waals surface area contributed by atoms with Crippen LogP contribution in [0.4, 0.5) is 4.79 Å². The van der Waals surface area contributed by atoms with Crippen molar-refractivity contribution in [2.75, 3.05) is 48.7 Å². The summed E-state index contributed by atoms with van der Waals surface area (Å²) < 4.78 is 44.8. The molecular weight excluding hydrogens is 377 g/mol. The van der Waals surface area contributed by atoms with Gasteiger partial charge in [-0.25, -0.2) is 4.79 Å². The van der Waals surface area contributed by atoms with Crippen LogP contribution in [0.1, 0.15) is 18.3 Å². The van der Waals surface area contributed by atoms with E-state index in [-0.39, 0.29) is 13.2 Å². The standard InChI is InChI=1S/C17H28NO8P/c1-7-26-17(19)18(12-15(22-3)23-4)16(27(20,24-5)25-6)13-10-8-9-11-14(13)21-2/h8-11,15-16H,7,12H2,1-6H3. The molecule has 1 amide bonds. The summed E-state index contributed by atoms with van der Waals surface area (Å²) in [7, 11) is 3.01. The summed E-state index contributed by atoms with van der Waals surface area (Å²) in [6.07, 6.45) is -1.50. The van der Waals surface area contributed by atoms with Crippen molar-refractivity contribution in [3.05, 3.63) is 29.8 Å². The van der Waals surface area contributed by atoms with E-state index in [0.717, 1.165) is 0 Å². The second-order valence-electron chi connectivity index (χ2n) is 5.27. The number of nitrogens with zero attached hydrogens (tertiary/aromatic N) is 1. The monoisotopic (exact) mass is 405 g/mol. The lowest BCUT2D eigenvalue weighted by molar-refractivity contribution is -0.115. The Hall–Kier alpha value is -1.64. The van der Waals surface area contributed by atoms with Gasteiger partial charge in [-0.2, -0.15) is 0 Å². The van der Waals surface area contributed by atoms with Crippen molar-refractivity contribution in [3.63, 3.8) is 0 Å². The lowest BCUT2D eigenvalue weighted by Crippen LogP contribution is -2.42. The van der Waals surface area contributed by atoms with Crippen molar-refractivity contribution in [1.82, 2.24) is 4.90 Å². The highest BCUT2D eigenvalue weighted by atomic mass is 31.2. The van der Waals surface area contributed by atoms with E-state index in [1.807, 2.05) is 0 Å². The van der Waals surface area contributed by atoms with Crippen molar-refractivity contribution in [2.45, 2.75) is 19.0 Å². The Morgan fingerprint density at radius 3 is 2.15 bits per heavy atom. The van der Waals surface area contributed by atoms with Crippen LogP contribution in [0.3, 0.4) is 0 Å². The van der Waals surface area contributed by atoms with Gasteiger partial charge < -0.3 is 28.0 Å². The molecule has 10 heteroatoms. The van der Waals surface area contributed by atoms with Gasteiger partial charge in [0.05, 0.1) is 20.3 Å². The summed E-state index contributed by atoms with van der Waals surface area (Å²) in [5.41, 5.74) is 0.436. The zero-order valence-electron chi connectivity index (χ0n) is 16.5. The van der Waals surface area contributed by atoms with E-state index in [0.29, 0.717) is 11.3 Å². The molecule has 9 nitrogen and oxygen atoms in total. The molecule has 0 bridgehead atoms. The molecule has 0 radical (unpaired) electrons. The van der Waals surface area contributed by atoms with E-state index in [2.05, 4.69) is 0 Å². The summed E-state index contributed by atoms with van der Waals surface area (Å²) in [5, 5.41) is 0. The van der Waals surface area contributed by atoms with Gasteiger partial charge in [0.2, 0.25) is 0 Å². The molecule has 0 spiro atoms. The molecule has 0 aliphatic heterocycles. The van der Waals surface area contributed by atoms with Gasteiger partial charge in [0.25, 0.3) is 0 Å². The predicted molar refractivity (Wildman–Crippen MR) is 98.9 cm³/mol. The number of carbonyl (C=O) groups excluding carboxylic acids is 1. The Balaban J connectivity index is 3.58. The van der Waals surface area contributed by atoms with Crippen molar-refractivity contribution in [1.29, 1.82) is 0 Å². The number of hydrogen-bond acceptors (Lipinski definition) is 8. The third-order valence-corrected chi connectivity index (χ3v) is 6.07. The molecule has 1 rings (SSSR count). The number of rotatable bonds is 11. The van der Waals surface area contributed by atoms with Crippen LogP contribution in [-0.4, -0.2) is 66.0 Å². The average Bonchev–Trinajstić information content (AvgIpc) is 2.70. The molecule has 0 N–H and O–H groups in total. The Bertz CT molecular complexity index is 629. The summed E-state index contributed by atoms with van der Waals surface area (Å²) in [5.74, 6) is -0.729. The number of para-hydroxylation sites is 1. The van der Waals surface area contributed by atoms with Crippen LogP contribution in [0, 0.1) is 0 Å². The number of methoxy groups -OCH3 is 3. The maximum absolute atomic E-state index is 13.4. The summed E-state index contributed by atoms with van der Waals surface area (Å²) in [6.45, 7) is 1.72. The second-order valence-corrected chi connectivity index (χ2v) is 7.57. The molecule has 1 aromatic rings. The van der Waals surface area contributed by atoms with Gasteiger partial charge in [0.15, 0.2) is 12.1 Å². The van der Waals surface area contributed by atoms with Crippen LogP contribution in [0.5, 0.6) is 5.75 Å². The van der Waals surface area contributed by atoms with E-state index < -0.39 is 25.8 Å². The molecule has 0 aliphatic rings. The fourth-order valence-corrected chi connectivity index (χ4v) is 4.18. The molecule has 1 unspecified atom stereocenters. The molecule has 27 heavy (non-hydrogen) atoms. The molecule has 0 aromatic heterocycles. The van der Waals surface area contributed by atoms with Gasteiger partial charge >= 0.3 is 13.7 Å². The van der Waals surface area contributed by atoms with Crippen LogP contribution in [0.15, 0.2) is 24.3 Å². The van der Waals surface area contributed by atoms with Gasteiger partial charge in [-0.1, -0.05) is 18.2 Å². The largest absolute Gasteiger partial charge is 0.496 e. The first-order chi connectivity index (χ1) is 12.9. The first kappa shape index (κ1) is 23.4. The van der Waals surface area contributed by atoms with Crippen molar-refractivity contribution in [3.8, 4) is 5.75 Å². The van der Waals surface area contributed by atoms with Crippen LogP contribution in [0.25, 0.3) is 0 Å². The molecule has 0 saturated carbocycles. The summed E-state index contributed by atoms with van der Waals surface area (Å²) >= 11 is 0. The molecule has 0 aliphatic carbocycles. The second kappa shape index (κ2) is 11.3. The number of ether oxygens (including phenoxy) is 4. The first-order valence-electron chi connectivity index (χ1n) is 8.25. The van der Waals surface area contributed by atoms with E-state index in [9.17, 15) is 9.36 Å². The number of benzene rings is 1. The first-order valence-corrected chi connectivity index (χ1v) is 9.86. The minimum absolute atomic E-state index is 0.0781. The Labute approximate surface area is 160 Å². The SMILES string of the molecule is CCOC(=O)N(CC(OC)OC)C(c1ccccc1OC)P(=O)(OC)OC. The topological polar surface area (TPSA) is 92.8 Å². The van der Waals surface area contributed by atoms with Crippen LogP contribution >= 0.6 is 7.60 Å². The quantitative estimate of drug-likeness (QED) is 0.409. The average molecular weight is 405 g/mol. The van der Waals surface area contributed by atoms with Gasteiger partial charge in [-0.15, -0.1) is 0 Å². The highest BCUT2D eigenvalue weighted by Gasteiger charge is 2.45. The molecule has 0 heterocycles. The zero-order valence-corrected chi connectivity index (χ0v) is 17.4. The zero-order chi connectivity index (χ0) is 20.4. The normalized spacial score (nSPS) is 12.7. The number of hydrogen-bond donors (Lipinski definition) is 0. The predicted octanol–water partition coefficient (Wildman–Crippen LogP) is 3.26. The third-order valence-electron chi connectivity index (χ3n) is 3.89. The summed E-state index contributed by atoms with van der Waals surface area (Å²) in [4.78, 5) is 13.9. The lowest BCUT2D eigenvalue weighted by atomic mass is 10.2. The lowest BCUT2D eigenvalue weighted by Gasteiger charge is -2.36. The van der Waals surface area contributed by atoms with E-state index in [1.54, 1.807) is 31.2 Å². The minimum Gasteiger partial charge on any atom is -0.496 e. The number of carbonyl (C=O) groups is 1. The Morgan fingerprint density at radius 1 is 1.07 bits per heavy atom. The van der Waals surface area contributed by atoms with Gasteiger partial charge in [0.1, 0.15) is 5.75 Å². The molecule has 0 fully saturated rings. The van der Waals surface area contributed by atoms with Crippen molar-refractivity contribution >= 4 is 13.7 Å². The smallest absolute Gasteiger partial charge is 0.411 e. The fraction of sp³-hybridized carbons (Fsp3) is 0.588. The maximum Gasteiger partial charge on any atom is 0.411 e. The molecule has 1 aromatic carbocycles. The maximum atomic E-state index is 13.4. The van der Waals surface area contributed by atoms with Gasteiger partial charge in [-0.05, 0) is 13.0 Å². The van der Waals surface area contributed by atoms with E-state index >= 15 is 0 Å². The van der Waals surface area contributed by atoms with E-state index in [1.165, 1.54) is 40.4 Å². The Kier molecular flexibility index (Phi) is 9.76. The highest BCUT2D eigenvalue weighted by Crippen LogP contribution is 2.62. The Morgan fingerprint density at radius 2 is 1.67 bits per heavy atom. The van der Waals surface area contributed by atoms with Crippen molar-refractivity contribution in [2.24, 2.45) is 0 Å². The van der Waals surface area contributed by atoms with E-state index in [4.69, 9.17) is 28.0 Å². The molecule has 0 saturated heterocycles. The summed E-state index contributed by atoms with van der Waals surface area (Å²) in [6, 6.07) is 6.85. The molecule has 1 atom stereocenters.